The highest BCUT2D eigenvalue weighted by Crippen LogP contribution is 2.24. The number of anilines is 1. The first kappa shape index (κ1) is 13.8. The summed E-state index contributed by atoms with van der Waals surface area (Å²) < 4.78 is 0. The van der Waals surface area contributed by atoms with Gasteiger partial charge in [-0.2, -0.15) is 0 Å². The van der Waals surface area contributed by atoms with Crippen molar-refractivity contribution >= 4 is 28.3 Å². The van der Waals surface area contributed by atoms with Gasteiger partial charge in [0.05, 0.1) is 18.0 Å². The fraction of sp³-hybridized carbons (Fsp3) is 0.583. The predicted molar refractivity (Wildman–Crippen MR) is 71.8 cm³/mol. The van der Waals surface area contributed by atoms with Crippen LogP contribution < -0.4 is 11.1 Å². The van der Waals surface area contributed by atoms with E-state index < -0.39 is 11.9 Å². The molecule has 1 saturated carbocycles. The van der Waals surface area contributed by atoms with Crippen LogP contribution in [-0.4, -0.2) is 28.0 Å². The monoisotopic (exact) mass is 283 g/mol. The van der Waals surface area contributed by atoms with Crippen molar-refractivity contribution in [2.24, 2.45) is 5.92 Å². The number of thiazole rings is 1. The second-order valence-corrected chi connectivity index (χ2v) is 5.65. The van der Waals surface area contributed by atoms with Crippen LogP contribution in [0.1, 0.15) is 31.4 Å². The Balaban J connectivity index is 1.91. The molecule has 1 heterocycles. The van der Waals surface area contributed by atoms with E-state index in [1.807, 2.05) is 0 Å². The van der Waals surface area contributed by atoms with Gasteiger partial charge in [-0.25, -0.2) is 4.98 Å². The number of hydrogen-bond donors (Lipinski definition) is 3. The number of aliphatic carboxylic acids is 1. The molecular formula is C12H17N3O3S. The molecule has 1 fully saturated rings. The van der Waals surface area contributed by atoms with Gasteiger partial charge in [0, 0.05) is 11.4 Å². The SMILES string of the molecule is Nc1nc(CC(=O)NC2CCCCC2C(=O)O)cs1. The average molecular weight is 283 g/mol. The summed E-state index contributed by atoms with van der Waals surface area (Å²) in [6.45, 7) is 0. The minimum Gasteiger partial charge on any atom is -0.481 e. The molecule has 0 bridgehead atoms. The van der Waals surface area contributed by atoms with Gasteiger partial charge in [0.2, 0.25) is 5.91 Å². The molecule has 2 rings (SSSR count). The van der Waals surface area contributed by atoms with E-state index in [0.29, 0.717) is 17.2 Å². The molecule has 1 aromatic rings. The van der Waals surface area contributed by atoms with Crippen LogP contribution in [0.3, 0.4) is 0 Å². The molecule has 0 saturated heterocycles. The first-order valence-electron chi connectivity index (χ1n) is 6.28. The van der Waals surface area contributed by atoms with Crippen LogP contribution in [-0.2, 0) is 16.0 Å². The molecule has 104 valence electrons. The van der Waals surface area contributed by atoms with Crippen molar-refractivity contribution in [1.82, 2.24) is 10.3 Å². The standard InChI is InChI=1S/C12H17N3O3S/c13-12-14-7(6-19-12)5-10(16)15-9-4-2-1-3-8(9)11(17)18/h6,8-9H,1-5H2,(H2,13,14)(H,15,16)(H,17,18). The first-order chi connectivity index (χ1) is 9.06. The second kappa shape index (κ2) is 6.01. The third-order valence-electron chi connectivity index (χ3n) is 3.34. The number of hydrogen-bond acceptors (Lipinski definition) is 5. The lowest BCUT2D eigenvalue weighted by Gasteiger charge is -2.29. The van der Waals surface area contributed by atoms with Crippen LogP contribution in [0.4, 0.5) is 5.13 Å². The number of nitrogens with two attached hydrogens (primary N) is 1. The molecule has 6 nitrogen and oxygen atoms in total. The summed E-state index contributed by atoms with van der Waals surface area (Å²) in [5.41, 5.74) is 6.13. The molecular weight excluding hydrogens is 266 g/mol. The second-order valence-electron chi connectivity index (χ2n) is 4.76. The summed E-state index contributed by atoms with van der Waals surface area (Å²) in [7, 11) is 0. The smallest absolute Gasteiger partial charge is 0.308 e. The van der Waals surface area contributed by atoms with Crippen molar-refractivity contribution in [3.63, 3.8) is 0 Å². The summed E-state index contributed by atoms with van der Waals surface area (Å²) >= 11 is 1.29. The lowest BCUT2D eigenvalue weighted by molar-refractivity contribution is -0.144. The van der Waals surface area contributed by atoms with Gasteiger partial charge < -0.3 is 16.2 Å². The van der Waals surface area contributed by atoms with E-state index in [4.69, 9.17) is 10.8 Å². The van der Waals surface area contributed by atoms with Crippen molar-refractivity contribution in [3.8, 4) is 0 Å². The highest BCUT2D eigenvalue weighted by molar-refractivity contribution is 7.13. The number of carbonyl (C=O) groups is 2. The fourth-order valence-electron chi connectivity index (χ4n) is 2.43. The zero-order valence-corrected chi connectivity index (χ0v) is 11.3. The number of nitrogen functional groups attached to an aromatic ring is 1. The van der Waals surface area contributed by atoms with E-state index >= 15 is 0 Å². The Morgan fingerprint density at radius 3 is 2.84 bits per heavy atom. The lowest BCUT2D eigenvalue weighted by atomic mass is 9.84. The Bertz CT molecular complexity index is 475. The molecule has 0 radical (unpaired) electrons. The molecule has 0 spiro atoms. The van der Waals surface area contributed by atoms with E-state index in [0.717, 1.165) is 19.3 Å². The number of nitrogens with one attached hydrogen (secondary N) is 1. The molecule has 2 unspecified atom stereocenters. The third-order valence-corrected chi connectivity index (χ3v) is 4.06. The van der Waals surface area contributed by atoms with Crippen molar-refractivity contribution in [1.29, 1.82) is 0 Å². The van der Waals surface area contributed by atoms with E-state index in [1.165, 1.54) is 11.3 Å². The Hall–Kier alpha value is -1.63. The number of carboxylic acids is 1. The van der Waals surface area contributed by atoms with E-state index in [-0.39, 0.29) is 18.4 Å². The quantitative estimate of drug-likeness (QED) is 0.765. The highest BCUT2D eigenvalue weighted by Gasteiger charge is 2.31. The molecule has 2 atom stereocenters. The average Bonchev–Trinajstić information content (AvgIpc) is 2.75. The van der Waals surface area contributed by atoms with Gasteiger partial charge in [-0.3, -0.25) is 9.59 Å². The fourth-order valence-corrected chi connectivity index (χ4v) is 2.99. The van der Waals surface area contributed by atoms with Gasteiger partial charge in [0.25, 0.3) is 0 Å². The van der Waals surface area contributed by atoms with Crippen LogP contribution in [0.2, 0.25) is 0 Å². The van der Waals surface area contributed by atoms with Gasteiger partial charge in [-0.05, 0) is 12.8 Å². The lowest BCUT2D eigenvalue weighted by Crippen LogP contribution is -2.45. The molecule has 4 N–H and O–H groups in total. The minimum absolute atomic E-state index is 0.149. The zero-order chi connectivity index (χ0) is 13.8. The van der Waals surface area contributed by atoms with Crippen LogP contribution in [0.15, 0.2) is 5.38 Å². The summed E-state index contributed by atoms with van der Waals surface area (Å²) in [6, 6.07) is -0.269. The minimum atomic E-state index is -0.831. The normalized spacial score (nSPS) is 22.9. The summed E-state index contributed by atoms with van der Waals surface area (Å²) in [6.07, 6.45) is 3.37. The van der Waals surface area contributed by atoms with Gasteiger partial charge in [-0.1, -0.05) is 12.8 Å². The van der Waals surface area contributed by atoms with Gasteiger partial charge in [0.1, 0.15) is 0 Å². The largest absolute Gasteiger partial charge is 0.481 e. The molecule has 19 heavy (non-hydrogen) atoms. The van der Waals surface area contributed by atoms with Gasteiger partial charge in [0.15, 0.2) is 5.13 Å². The van der Waals surface area contributed by atoms with E-state index in [2.05, 4.69) is 10.3 Å². The Morgan fingerprint density at radius 1 is 1.47 bits per heavy atom. The van der Waals surface area contributed by atoms with Crippen LogP contribution in [0, 0.1) is 5.92 Å². The van der Waals surface area contributed by atoms with Crippen LogP contribution in [0.5, 0.6) is 0 Å². The molecule has 7 heteroatoms. The molecule has 0 aromatic carbocycles. The molecule has 1 amide bonds. The Kier molecular flexibility index (Phi) is 4.36. The van der Waals surface area contributed by atoms with E-state index in [9.17, 15) is 9.59 Å². The third kappa shape index (κ3) is 3.66. The van der Waals surface area contributed by atoms with Crippen molar-refractivity contribution in [2.75, 3.05) is 5.73 Å². The number of carbonyl (C=O) groups excluding carboxylic acids is 1. The van der Waals surface area contributed by atoms with Gasteiger partial charge in [-0.15, -0.1) is 11.3 Å². The summed E-state index contributed by atoms with van der Waals surface area (Å²) in [5.74, 6) is -1.50. The molecule has 1 aromatic heterocycles. The molecule has 0 aliphatic heterocycles. The number of aromatic nitrogens is 1. The topological polar surface area (TPSA) is 105 Å². The maximum Gasteiger partial charge on any atom is 0.308 e. The van der Waals surface area contributed by atoms with E-state index in [1.54, 1.807) is 5.38 Å². The Labute approximate surface area is 115 Å². The number of rotatable bonds is 4. The first-order valence-corrected chi connectivity index (χ1v) is 7.16. The van der Waals surface area contributed by atoms with Crippen LogP contribution >= 0.6 is 11.3 Å². The Morgan fingerprint density at radius 2 is 2.21 bits per heavy atom. The highest BCUT2D eigenvalue weighted by atomic mass is 32.1. The van der Waals surface area contributed by atoms with Crippen molar-refractivity contribution < 1.29 is 14.7 Å². The summed E-state index contributed by atoms with van der Waals surface area (Å²) in [4.78, 5) is 27.0. The maximum atomic E-state index is 11.9. The van der Waals surface area contributed by atoms with Crippen molar-refractivity contribution in [2.45, 2.75) is 38.1 Å². The molecule has 1 aliphatic carbocycles. The number of nitrogens with zero attached hydrogens (tertiary/aromatic N) is 1. The van der Waals surface area contributed by atoms with Crippen molar-refractivity contribution in [3.05, 3.63) is 11.1 Å². The number of amides is 1. The number of carboxylic acid groups (broad SMARTS) is 1. The molecule has 1 aliphatic rings. The summed E-state index contributed by atoms with van der Waals surface area (Å²) in [5, 5.41) is 14.1. The van der Waals surface area contributed by atoms with Crippen LogP contribution in [0.25, 0.3) is 0 Å². The maximum absolute atomic E-state index is 11.9. The van der Waals surface area contributed by atoms with Gasteiger partial charge >= 0.3 is 5.97 Å². The zero-order valence-electron chi connectivity index (χ0n) is 10.5. The predicted octanol–water partition coefficient (Wildman–Crippen LogP) is 1.03.